The van der Waals surface area contributed by atoms with E-state index in [1.54, 1.807) is 22.6 Å². The van der Waals surface area contributed by atoms with E-state index in [9.17, 15) is 33.4 Å². The van der Waals surface area contributed by atoms with Gasteiger partial charge in [-0.2, -0.15) is 8.42 Å². The third kappa shape index (κ3) is 6.68. The van der Waals surface area contributed by atoms with Gasteiger partial charge in [0.25, 0.3) is 21.5 Å². The second-order valence-electron chi connectivity index (χ2n) is 5.04. The molecule has 0 radical (unpaired) electrons. The molecule has 0 aliphatic carbocycles. The second-order valence-corrected chi connectivity index (χ2v) is 8.19. The number of hydrogen-bond acceptors (Lipinski definition) is 9. The van der Waals surface area contributed by atoms with Gasteiger partial charge < -0.3 is 11.1 Å². The Kier molecular flexibility index (Phi) is 7.64. The molecule has 0 fully saturated rings. The number of carbonyl (C=O) groups excluding carboxylic acids is 1. The molecule has 0 spiro atoms. The van der Waals surface area contributed by atoms with Crippen molar-refractivity contribution in [2.45, 2.75) is 10.3 Å². The quantitative estimate of drug-likeness (QED) is 0.116. The van der Waals surface area contributed by atoms with Crippen molar-refractivity contribution in [1.82, 2.24) is 0 Å². The van der Waals surface area contributed by atoms with Crippen molar-refractivity contribution in [3.05, 3.63) is 37.9 Å². The number of rotatable bonds is 10. The molecule has 0 saturated carbocycles. The largest absolute Gasteiger partial charge is 0.377 e. The Morgan fingerprint density at radius 1 is 1.35 bits per heavy atom. The number of amides is 1. The highest BCUT2D eigenvalue weighted by atomic mass is 127. The summed E-state index contributed by atoms with van der Waals surface area (Å²) >= 11 is 1.72. The van der Waals surface area contributed by atoms with E-state index in [-0.39, 0.29) is 30.8 Å². The number of carbonyl (C=O) groups is 1. The van der Waals surface area contributed by atoms with Crippen LogP contribution in [-0.4, -0.2) is 47.5 Å². The van der Waals surface area contributed by atoms with E-state index in [0.717, 1.165) is 18.4 Å². The zero-order valence-electron chi connectivity index (χ0n) is 13.4. The number of hydrogen-bond donors (Lipinski definition) is 2. The van der Waals surface area contributed by atoms with Gasteiger partial charge >= 0.3 is 0 Å². The Balaban J connectivity index is 3.25. The number of nitro benzene ring substituents is 2. The molecule has 0 aromatic heterocycles. The van der Waals surface area contributed by atoms with Gasteiger partial charge in [-0.15, -0.1) is 0 Å². The zero-order valence-corrected chi connectivity index (χ0v) is 16.4. The molecular weight excluding hydrogens is 487 g/mol. The third-order valence-corrected chi connectivity index (χ3v) is 4.65. The van der Waals surface area contributed by atoms with Crippen molar-refractivity contribution in [1.29, 1.82) is 0 Å². The van der Waals surface area contributed by atoms with Crippen molar-refractivity contribution in [2.24, 2.45) is 5.73 Å². The van der Waals surface area contributed by atoms with E-state index in [1.807, 2.05) is 0 Å². The summed E-state index contributed by atoms with van der Waals surface area (Å²) in [6, 6.07) is 1.87. The Labute approximate surface area is 161 Å². The lowest BCUT2D eigenvalue weighted by atomic mass is 10.0. The maximum atomic E-state index is 11.3. The predicted molar refractivity (Wildman–Crippen MR) is 99.7 cm³/mol. The van der Waals surface area contributed by atoms with Crippen LogP contribution in [0.2, 0.25) is 0 Å². The zero-order chi connectivity index (χ0) is 20.1. The molecule has 0 saturated heterocycles. The fourth-order valence-electron chi connectivity index (χ4n) is 1.95. The number of benzene rings is 1. The predicted octanol–water partition coefficient (Wildman–Crippen LogP) is 0.722. The standard InChI is InChI=1S/C12H15IN4O8S/c1-26(23,24)25-3-2-15-11-7(5-9(13)12(14)18)4-8(16(19)20)6-10(11)17(21)22/h4,6,9,15H,2-3,5H2,1H3,(H2,14,18). The first kappa shape index (κ1) is 22.0. The summed E-state index contributed by atoms with van der Waals surface area (Å²) in [6.45, 7) is -0.433. The number of nitrogens with two attached hydrogens (primary N) is 1. The van der Waals surface area contributed by atoms with Gasteiger partial charge in [-0.05, 0) is 12.0 Å². The monoisotopic (exact) mass is 502 g/mol. The van der Waals surface area contributed by atoms with Crippen LogP contribution in [0.1, 0.15) is 5.56 Å². The molecule has 0 bridgehead atoms. The number of alkyl halides is 1. The molecule has 0 heterocycles. The summed E-state index contributed by atoms with van der Waals surface area (Å²) in [7, 11) is -3.69. The Bertz CT molecular complexity index is 829. The van der Waals surface area contributed by atoms with E-state index in [2.05, 4.69) is 9.50 Å². The van der Waals surface area contributed by atoms with E-state index in [1.165, 1.54) is 0 Å². The van der Waals surface area contributed by atoms with Crippen LogP contribution in [0.15, 0.2) is 12.1 Å². The highest BCUT2D eigenvalue weighted by molar-refractivity contribution is 14.1. The van der Waals surface area contributed by atoms with Crippen LogP contribution in [0.4, 0.5) is 17.1 Å². The molecule has 14 heteroatoms. The lowest BCUT2D eigenvalue weighted by molar-refractivity contribution is -0.393. The summed E-state index contributed by atoms with van der Waals surface area (Å²) in [5.74, 6) is -0.689. The normalized spacial score (nSPS) is 12.4. The van der Waals surface area contributed by atoms with Gasteiger partial charge in [-0.25, -0.2) is 0 Å². The molecule has 1 aromatic rings. The van der Waals surface area contributed by atoms with E-state index in [0.29, 0.717) is 0 Å². The molecule has 1 aromatic carbocycles. The van der Waals surface area contributed by atoms with Gasteiger partial charge in [0.2, 0.25) is 5.91 Å². The molecule has 1 unspecified atom stereocenters. The maximum Gasteiger partial charge on any atom is 0.299 e. The van der Waals surface area contributed by atoms with Gasteiger partial charge in [-0.1, -0.05) is 22.6 Å². The van der Waals surface area contributed by atoms with Crippen LogP contribution in [0, 0.1) is 20.2 Å². The van der Waals surface area contributed by atoms with Crippen LogP contribution in [0.25, 0.3) is 0 Å². The first-order chi connectivity index (χ1) is 11.9. The molecule has 1 rings (SSSR count). The highest BCUT2D eigenvalue weighted by Gasteiger charge is 2.26. The van der Waals surface area contributed by atoms with E-state index >= 15 is 0 Å². The average molecular weight is 502 g/mol. The first-order valence-corrected chi connectivity index (χ1v) is 9.96. The topological polar surface area (TPSA) is 185 Å². The van der Waals surface area contributed by atoms with Gasteiger partial charge in [0, 0.05) is 12.6 Å². The van der Waals surface area contributed by atoms with Crippen molar-refractivity contribution in [3.63, 3.8) is 0 Å². The summed E-state index contributed by atoms with van der Waals surface area (Å²) < 4.78 is 25.6. The van der Waals surface area contributed by atoms with Crippen LogP contribution in [-0.2, 0) is 25.5 Å². The maximum absolute atomic E-state index is 11.3. The summed E-state index contributed by atoms with van der Waals surface area (Å²) in [5.41, 5.74) is 4.14. The third-order valence-electron chi connectivity index (χ3n) is 3.00. The fraction of sp³-hybridized carbons (Fsp3) is 0.417. The lowest BCUT2D eigenvalue weighted by Crippen LogP contribution is -2.25. The molecule has 12 nitrogen and oxygen atoms in total. The van der Waals surface area contributed by atoms with Crippen molar-refractivity contribution < 1.29 is 27.2 Å². The number of anilines is 1. The molecule has 1 amide bonds. The van der Waals surface area contributed by atoms with E-state index in [4.69, 9.17) is 5.73 Å². The molecule has 26 heavy (non-hydrogen) atoms. The SMILES string of the molecule is CS(=O)(=O)OCCNc1c(CC(I)C(N)=O)cc([N+](=O)[O-])cc1[N+](=O)[O-]. The minimum Gasteiger partial charge on any atom is -0.377 e. The highest BCUT2D eigenvalue weighted by Crippen LogP contribution is 2.34. The van der Waals surface area contributed by atoms with Crippen molar-refractivity contribution >= 4 is 55.7 Å². The smallest absolute Gasteiger partial charge is 0.299 e. The summed E-state index contributed by atoms with van der Waals surface area (Å²) in [4.78, 5) is 31.9. The van der Waals surface area contributed by atoms with Crippen LogP contribution in [0.3, 0.4) is 0 Å². The second kappa shape index (κ2) is 9.04. The molecule has 144 valence electrons. The fourth-order valence-corrected chi connectivity index (χ4v) is 2.81. The van der Waals surface area contributed by atoms with E-state index < -0.39 is 41.2 Å². The van der Waals surface area contributed by atoms with Crippen LogP contribution < -0.4 is 11.1 Å². The number of nitro groups is 2. The Morgan fingerprint density at radius 2 is 1.96 bits per heavy atom. The lowest BCUT2D eigenvalue weighted by Gasteiger charge is -2.14. The Morgan fingerprint density at radius 3 is 2.42 bits per heavy atom. The van der Waals surface area contributed by atoms with Gasteiger partial charge in [0.05, 0.1) is 32.7 Å². The summed E-state index contributed by atoms with van der Waals surface area (Å²) in [6.07, 6.45) is 0.758. The molecule has 1 atom stereocenters. The minimum atomic E-state index is -3.69. The van der Waals surface area contributed by atoms with Crippen LogP contribution in [0.5, 0.6) is 0 Å². The number of nitrogens with one attached hydrogen (secondary N) is 1. The number of non-ortho nitro benzene ring substituents is 1. The number of halogens is 1. The first-order valence-electron chi connectivity index (χ1n) is 6.89. The Hall–Kier alpha value is -2.07. The molecular formula is C12H15IN4O8S. The van der Waals surface area contributed by atoms with Gasteiger partial charge in [0.15, 0.2) is 0 Å². The minimum absolute atomic E-state index is 0.0689. The van der Waals surface area contributed by atoms with Gasteiger partial charge in [-0.3, -0.25) is 29.2 Å². The van der Waals surface area contributed by atoms with Crippen molar-refractivity contribution in [3.8, 4) is 0 Å². The van der Waals surface area contributed by atoms with Crippen LogP contribution >= 0.6 is 22.6 Å². The summed E-state index contributed by atoms with van der Waals surface area (Å²) in [5, 5.41) is 24.9. The molecule has 0 aliphatic rings. The van der Waals surface area contributed by atoms with Gasteiger partial charge in [0.1, 0.15) is 5.69 Å². The molecule has 3 N–H and O–H groups in total. The number of primary amides is 1. The number of nitrogens with zero attached hydrogens (tertiary/aromatic N) is 2. The van der Waals surface area contributed by atoms with Crippen molar-refractivity contribution in [2.75, 3.05) is 24.7 Å². The average Bonchev–Trinajstić information content (AvgIpc) is 2.50. The molecule has 0 aliphatic heterocycles.